The molecule has 1 aromatic rings. The van der Waals surface area contributed by atoms with Crippen molar-refractivity contribution in [1.82, 2.24) is 4.90 Å². The first kappa shape index (κ1) is 11.8. The SMILES string of the molecule is CN1CCC(C)(COc2cccc3c2NCC3)C1. The minimum Gasteiger partial charge on any atom is -0.491 e. The largest absolute Gasteiger partial charge is 0.491 e. The molecule has 0 bridgehead atoms. The van der Waals surface area contributed by atoms with Crippen molar-refractivity contribution in [1.29, 1.82) is 0 Å². The lowest BCUT2D eigenvalue weighted by Crippen LogP contribution is -2.28. The van der Waals surface area contributed by atoms with Crippen LogP contribution in [0, 0.1) is 5.41 Å². The third kappa shape index (κ3) is 2.19. The second kappa shape index (κ2) is 4.47. The van der Waals surface area contributed by atoms with Crippen LogP contribution in [0.5, 0.6) is 5.75 Å². The Balaban J connectivity index is 1.69. The van der Waals surface area contributed by atoms with Gasteiger partial charge in [0, 0.05) is 18.5 Å². The molecular formula is C15H22N2O. The normalized spacial score (nSPS) is 27.0. The fraction of sp³-hybridized carbons (Fsp3) is 0.600. The molecule has 0 spiro atoms. The predicted octanol–water partition coefficient (Wildman–Crippen LogP) is 2.38. The standard InChI is InChI=1S/C15H22N2O/c1-15(7-9-17(2)10-15)11-18-13-5-3-4-12-6-8-16-14(12)13/h3-5,16H,6-11H2,1-2H3. The molecule has 1 N–H and O–H groups in total. The number of hydrogen-bond donors (Lipinski definition) is 1. The summed E-state index contributed by atoms with van der Waals surface area (Å²) in [5.74, 6) is 1.03. The van der Waals surface area contributed by atoms with E-state index >= 15 is 0 Å². The van der Waals surface area contributed by atoms with Gasteiger partial charge in [0.05, 0.1) is 12.3 Å². The molecule has 1 saturated heterocycles. The second-order valence-electron chi connectivity index (χ2n) is 6.05. The van der Waals surface area contributed by atoms with Crippen LogP contribution in [0.25, 0.3) is 0 Å². The Morgan fingerprint density at radius 3 is 3.11 bits per heavy atom. The van der Waals surface area contributed by atoms with E-state index < -0.39 is 0 Å². The highest BCUT2D eigenvalue weighted by atomic mass is 16.5. The van der Waals surface area contributed by atoms with Gasteiger partial charge in [0.1, 0.15) is 5.75 Å². The summed E-state index contributed by atoms with van der Waals surface area (Å²) in [4.78, 5) is 2.39. The average Bonchev–Trinajstić information content (AvgIpc) is 2.94. The maximum absolute atomic E-state index is 6.09. The van der Waals surface area contributed by atoms with Gasteiger partial charge in [-0.2, -0.15) is 0 Å². The number of para-hydroxylation sites is 1. The molecule has 3 heteroatoms. The zero-order chi connectivity index (χ0) is 12.6. The first-order valence-electron chi connectivity index (χ1n) is 6.83. The van der Waals surface area contributed by atoms with Crippen LogP contribution >= 0.6 is 0 Å². The number of fused-ring (bicyclic) bond motifs is 1. The maximum Gasteiger partial charge on any atom is 0.142 e. The van der Waals surface area contributed by atoms with E-state index in [1.807, 2.05) is 0 Å². The average molecular weight is 246 g/mol. The minimum absolute atomic E-state index is 0.302. The molecule has 98 valence electrons. The molecule has 1 unspecified atom stereocenters. The van der Waals surface area contributed by atoms with Gasteiger partial charge in [-0.1, -0.05) is 19.1 Å². The highest BCUT2D eigenvalue weighted by Crippen LogP contribution is 2.35. The van der Waals surface area contributed by atoms with Gasteiger partial charge in [0.15, 0.2) is 0 Å². The van der Waals surface area contributed by atoms with Crippen LogP contribution in [0.4, 0.5) is 5.69 Å². The number of likely N-dealkylation sites (tertiary alicyclic amines) is 1. The first-order chi connectivity index (χ1) is 8.66. The van der Waals surface area contributed by atoms with Crippen molar-refractivity contribution in [3.8, 4) is 5.75 Å². The second-order valence-corrected chi connectivity index (χ2v) is 6.05. The smallest absolute Gasteiger partial charge is 0.142 e. The molecule has 0 radical (unpaired) electrons. The Bertz CT molecular complexity index is 446. The van der Waals surface area contributed by atoms with E-state index in [0.29, 0.717) is 5.41 Å². The summed E-state index contributed by atoms with van der Waals surface area (Å²) in [6.07, 6.45) is 2.35. The van der Waals surface area contributed by atoms with Gasteiger partial charge in [0.2, 0.25) is 0 Å². The maximum atomic E-state index is 6.09. The topological polar surface area (TPSA) is 24.5 Å². The Labute approximate surface area is 109 Å². The van der Waals surface area contributed by atoms with Gasteiger partial charge in [0.25, 0.3) is 0 Å². The fourth-order valence-corrected chi connectivity index (χ4v) is 3.07. The van der Waals surface area contributed by atoms with Crippen LogP contribution in [0.1, 0.15) is 18.9 Å². The predicted molar refractivity (Wildman–Crippen MR) is 74.4 cm³/mol. The van der Waals surface area contributed by atoms with Crippen molar-refractivity contribution in [2.75, 3.05) is 38.6 Å². The number of nitrogens with one attached hydrogen (secondary N) is 1. The lowest BCUT2D eigenvalue weighted by Gasteiger charge is -2.24. The van der Waals surface area contributed by atoms with Crippen LogP contribution in [0.2, 0.25) is 0 Å². The van der Waals surface area contributed by atoms with Crippen LogP contribution in [-0.4, -0.2) is 38.2 Å². The van der Waals surface area contributed by atoms with Gasteiger partial charge in [-0.25, -0.2) is 0 Å². The van der Waals surface area contributed by atoms with E-state index in [4.69, 9.17) is 4.74 Å². The summed E-state index contributed by atoms with van der Waals surface area (Å²) in [5, 5.41) is 3.43. The molecule has 0 amide bonds. The lowest BCUT2D eigenvalue weighted by molar-refractivity contribution is 0.169. The molecule has 1 atom stereocenters. The molecule has 2 aliphatic rings. The summed E-state index contributed by atoms with van der Waals surface area (Å²) >= 11 is 0. The number of benzene rings is 1. The van der Waals surface area contributed by atoms with Crippen molar-refractivity contribution in [3.05, 3.63) is 23.8 Å². The third-order valence-electron chi connectivity index (χ3n) is 4.13. The molecule has 0 aliphatic carbocycles. The number of anilines is 1. The van der Waals surface area contributed by atoms with Crippen LogP contribution in [-0.2, 0) is 6.42 Å². The Morgan fingerprint density at radius 2 is 2.33 bits per heavy atom. The molecule has 18 heavy (non-hydrogen) atoms. The van der Waals surface area contributed by atoms with Gasteiger partial charge in [-0.15, -0.1) is 0 Å². The number of nitrogens with zero attached hydrogens (tertiary/aromatic N) is 1. The van der Waals surface area contributed by atoms with Crippen molar-refractivity contribution in [3.63, 3.8) is 0 Å². The van der Waals surface area contributed by atoms with E-state index in [0.717, 1.165) is 31.9 Å². The van der Waals surface area contributed by atoms with Crippen LogP contribution in [0.3, 0.4) is 0 Å². The van der Waals surface area contributed by atoms with Crippen LogP contribution in [0.15, 0.2) is 18.2 Å². The van der Waals surface area contributed by atoms with Gasteiger partial charge < -0.3 is 15.0 Å². The summed E-state index contributed by atoms with van der Waals surface area (Å²) in [7, 11) is 2.19. The number of rotatable bonds is 3. The summed E-state index contributed by atoms with van der Waals surface area (Å²) < 4.78 is 6.09. The van der Waals surface area contributed by atoms with Crippen molar-refractivity contribution in [2.24, 2.45) is 5.41 Å². The van der Waals surface area contributed by atoms with Gasteiger partial charge in [-0.05, 0) is 38.1 Å². The molecule has 0 aromatic heterocycles. The van der Waals surface area contributed by atoms with E-state index in [9.17, 15) is 0 Å². The molecule has 3 rings (SSSR count). The Hall–Kier alpha value is -1.22. The molecule has 1 fully saturated rings. The van der Waals surface area contributed by atoms with Gasteiger partial charge in [-0.3, -0.25) is 0 Å². The number of hydrogen-bond acceptors (Lipinski definition) is 3. The summed E-state index contributed by atoms with van der Waals surface area (Å²) in [6, 6.07) is 6.37. The van der Waals surface area contributed by atoms with Crippen molar-refractivity contribution >= 4 is 5.69 Å². The Kier molecular flexibility index (Phi) is 2.94. The zero-order valence-electron chi connectivity index (χ0n) is 11.3. The highest BCUT2D eigenvalue weighted by molar-refractivity contribution is 5.65. The van der Waals surface area contributed by atoms with Crippen LogP contribution < -0.4 is 10.1 Å². The minimum atomic E-state index is 0.302. The lowest BCUT2D eigenvalue weighted by atomic mass is 9.91. The monoisotopic (exact) mass is 246 g/mol. The van der Waals surface area contributed by atoms with E-state index in [1.54, 1.807) is 0 Å². The Morgan fingerprint density at radius 1 is 1.44 bits per heavy atom. The quantitative estimate of drug-likeness (QED) is 0.886. The highest BCUT2D eigenvalue weighted by Gasteiger charge is 2.33. The zero-order valence-corrected chi connectivity index (χ0v) is 11.3. The van der Waals surface area contributed by atoms with Crippen molar-refractivity contribution < 1.29 is 4.74 Å². The fourth-order valence-electron chi connectivity index (χ4n) is 3.07. The van der Waals surface area contributed by atoms with E-state index in [1.165, 1.54) is 24.2 Å². The van der Waals surface area contributed by atoms with E-state index in [-0.39, 0.29) is 0 Å². The first-order valence-corrected chi connectivity index (χ1v) is 6.83. The molecule has 3 nitrogen and oxygen atoms in total. The molecular weight excluding hydrogens is 224 g/mol. The third-order valence-corrected chi connectivity index (χ3v) is 4.13. The van der Waals surface area contributed by atoms with Gasteiger partial charge >= 0.3 is 0 Å². The molecule has 0 saturated carbocycles. The molecule has 2 heterocycles. The van der Waals surface area contributed by atoms with E-state index in [2.05, 4.69) is 42.4 Å². The number of ether oxygens (including phenoxy) is 1. The molecule has 1 aromatic carbocycles. The van der Waals surface area contributed by atoms with Crippen molar-refractivity contribution in [2.45, 2.75) is 19.8 Å². The summed E-state index contributed by atoms with van der Waals surface area (Å²) in [6.45, 7) is 6.50. The summed E-state index contributed by atoms with van der Waals surface area (Å²) in [5.41, 5.74) is 2.91. The molecule has 2 aliphatic heterocycles.